The number of carbonyl (C=O) groups excluding carboxylic acids is 2. The fourth-order valence-electron chi connectivity index (χ4n) is 2.17. The molecule has 0 atom stereocenters. The lowest BCUT2D eigenvalue weighted by molar-refractivity contribution is -0.121. The van der Waals surface area contributed by atoms with Crippen LogP contribution in [0, 0.1) is 0 Å². The zero-order chi connectivity index (χ0) is 18.2. The molecular formula is C19H18Cl2N2O2. The third kappa shape index (κ3) is 5.93. The van der Waals surface area contributed by atoms with Gasteiger partial charge >= 0.3 is 0 Å². The SMILES string of the molecule is CCc1ccccc1NC(=O)CNC(=O)/C=C/c1ccc(Cl)cc1Cl. The molecule has 0 aliphatic carbocycles. The van der Waals surface area contributed by atoms with Crippen LogP contribution in [-0.4, -0.2) is 18.4 Å². The zero-order valence-electron chi connectivity index (χ0n) is 13.7. The summed E-state index contributed by atoms with van der Waals surface area (Å²) in [6.07, 6.45) is 3.70. The van der Waals surface area contributed by atoms with Crippen LogP contribution in [0.25, 0.3) is 6.08 Å². The van der Waals surface area contributed by atoms with Crippen LogP contribution in [0.1, 0.15) is 18.1 Å². The monoisotopic (exact) mass is 376 g/mol. The van der Waals surface area contributed by atoms with Crippen molar-refractivity contribution in [1.82, 2.24) is 5.32 Å². The zero-order valence-corrected chi connectivity index (χ0v) is 15.2. The highest BCUT2D eigenvalue weighted by atomic mass is 35.5. The molecule has 0 aromatic heterocycles. The minimum atomic E-state index is -0.384. The average molecular weight is 377 g/mol. The predicted octanol–water partition coefficient (Wildman–Crippen LogP) is 4.32. The number of hydrogen-bond donors (Lipinski definition) is 2. The molecule has 0 aliphatic heterocycles. The first kappa shape index (κ1) is 19.0. The molecule has 0 saturated carbocycles. The highest BCUT2D eigenvalue weighted by molar-refractivity contribution is 6.35. The summed E-state index contributed by atoms with van der Waals surface area (Å²) in [6.45, 7) is 1.90. The summed E-state index contributed by atoms with van der Waals surface area (Å²) in [6, 6.07) is 12.6. The van der Waals surface area contributed by atoms with Crippen LogP contribution in [0.3, 0.4) is 0 Å². The van der Waals surface area contributed by atoms with Crippen LogP contribution in [0.4, 0.5) is 5.69 Å². The highest BCUT2D eigenvalue weighted by Gasteiger charge is 2.06. The number of para-hydroxylation sites is 1. The second-order valence-corrected chi connectivity index (χ2v) is 6.12. The van der Waals surface area contributed by atoms with E-state index in [1.807, 2.05) is 31.2 Å². The number of anilines is 1. The normalized spacial score (nSPS) is 10.7. The van der Waals surface area contributed by atoms with Crippen molar-refractivity contribution in [2.24, 2.45) is 0 Å². The molecule has 0 radical (unpaired) electrons. The van der Waals surface area contributed by atoms with Crippen LogP contribution in [0.15, 0.2) is 48.5 Å². The molecule has 130 valence electrons. The van der Waals surface area contributed by atoms with Gasteiger partial charge in [0.1, 0.15) is 0 Å². The Morgan fingerprint density at radius 2 is 1.88 bits per heavy atom. The first-order valence-electron chi connectivity index (χ1n) is 7.78. The second kappa shape index (κ2) is 9.25. The molecule has 2 aromatic carbocycles. The fraction of sp³-hybridized carbons (Fsp3) is 0.158. The van der Waals surface area contributed by atoms with Crippen molar-refractivity contribution in [3.8, 4) is 0 Å². The molecule has 0 bridgehead atoms. The lowest BCUT2D eigenvalue weighted by Gasteiger charge is -2.09. The lowest BCUT2D eigenvalue weighted by atomic mass is 10.1. The van der Waals surface area contributed by atoms with E-state index < -0.39 is 0 Å². The van der Waals surface area contributed by atoms with E-state index in [4.69, 9.17) is 23.2 Å². The van der Waals surface area contributed by atoms with Gasteiger partial charge < -0.3 is 10.6 Å². The molecule has 0 heterocycles. The maximum atomic E-state index is 12.0. The van der Waals surface area contributed by atoms with Crippen molar-refractivity contribution in [3.63, 3.8) is 0 Å². The summed E-state index contributed by atoms with van der Waals surface area (Å²) in [5.74, 6) is -0.669. The first-order chi connectivity index (χ1) is 12.0. The van der Waals surface area contributed by atoms with E-state index in [0.717, 1.165) is 17.7 Å². The number of hydrogen-bond acceptors (Lipinski definition) is 2. The van der Waals surface area contributed by atoms with Crippen LogP contribution in [-0.2, 0) is 16.0 Å². The van der Waals surface area contributed by atoms with Gasteiger partial charge in [-0.25, -0.2) is 0 Å². The molecule has 0 unspecified atom stereocenters. The largest absolute Gasteiger partial charge is 0.343 e. The molecule has 6 heteroatoms. The fourth-order valence-corrected chi connectivity index (χ4v) is 2.64. The Morgan fingerprint density at radius 1 is 1.12 bits per heavy atom. The molecule has 0 spiro atoms. The average Bonchev–Trinajstić information content (AvgIpc) is 2.59. The number of rotatable bonds is 6. The van der Waals surface area contributed by atoms with E-state index in [9.17, 15) is 9.59 Å². The summed E-state index contributed by atoms with van der Waals surface area (Å²) < 4.78 is 0. The van der Waals surface area contributed by atoms with Gasteiger partial charge in [0.25, 0.3) is 0 Å². The molecule has 0 fully saturated rings. The van der Waals surface area contributed by atoms with Crippen molar-refractivity contribution in [2.75, 3.05) is 11.9 Å². The van der Waals surface area contributed by atoms with E-state index in [1.165, 1.54) is 6.08 Å². The minimum Gasteiger partial charge on any atom is -0.343 e. The standard InChI is InChI=1S/C19H18Cl2N2O2/c1-2-13-5-3-4-6-17(13)23-19(25)12-22-18(24)10-8-14-7-9-15(20)11-16(14)21/h3-11H,2,12H2,1H3,(H,22,24)(H,23,25)/b10-8+. The summed E-state index contributed by atoms with van der Waals surface area (Å²) in [5.41, 5.74) is 2.47. The number of amides is 2. The molecular weight excluding hydrogens is 359 g/mol. The summed E-state index contributed by atoms with van der Waals surface area (Å²) in [7, 11) is 0. The van der Waals surface area contributed by atoms with Gasteiger partial charge in [-0.05, 0) is 41.8 Å². The Bertz CT molecular complexity index is 804. The molecule has 0 aliphatic rings. The molecule has 4 nitrogen and oxygen atoms in total. The molecule has 0 saturated heterocycles. The van der Waals surface area contributed by atoms with Gasteiger partial charge in [0.15, 0.2) is 0 Å². The lowest BCUT2D eigenvalue weighted by Crippen LogP contribution is -2.31. The van der Waals surface area contributed by atoms with E-state index in [1.54, 1.807) is 24.3 Å². The number of halogens is 2. The Balaban J connectivity index is 1.87. The highest BCUT2D eigenvalue weighted by Crippen LogP contribution is 2.21. The van der Waals surface area contributed by atoms with Gasteiger partial charge in [-0.15, -0.1) is 0 Å². The quantitative estimate of drug-likeness (QED) is 0.737. The summed E-state index contributed by atoms with van der Waals surface area (Å²) in [4.78, 5) is 23.8. The Hall–Kier alpha value is -2.30. The van der Waals surface area contributed by atoms with E-state index in [0.29, 0.717) is 15.6 Å². The van der Waals surface area contributed by atoms with Crippen molar-refractivity contribution >= 4 is 46.8 Å². The van der Waals surface area contributed by atoms with Crippen LogP contribution in [0.2, 0.25) is 10.0 Å². The van der Waals surface area contributed by atoms with Crippen LogP contribution < -0.4 is 10.6 Å². The summed E-state index contributed by atoms with van der Waals surface area (Å²) >= 11 is 11.8. The van der Waals surface area contributed by atoms with Crippen LogP contribution in [0.5, 0.6) is 0 Å². The minimum absolute atomic E-state index is 0.116. The third-order valence-electron chi connectivity index (χ3n) is 3.47. The number of carbonyl (C=O) groups is 2. The van der Waals surface area contributed by atoms with Crippen molar-refractivity contribution in [2.45, 2.75) is 13.3 Å². The van der Waals surface area contributed by atoms with E-state index in [-0.39, 0.29) is 18.4 Å². The number of benzene rings is 2. The Kier molecular flexibility index (Phi) is 7.04. The topological polar surface area (TPSA) is 58.2 Å². The molecule has 2 aromatic rings. The Labute approximate surface area is 156 Å². The van der Waals surface area contributed by atoms with Gasteiger partial charge in [-0.1, -0.05) is 54.4 Å². The smallest absolute Gasteiger partial charge is 0.244 e. The van der Waals surface area contributed by atoms with Crippen molar-refractivity contribution in [3.05, 3.63) is 69.7 Å². The summed E-state index contributed by atoms with van der Waals surface area (Å²) in [5, 5.41) is 6.30. The molecule has 2 N–H and O–H groups in total. The first-order valence-corrected chi connectivity index (χ1v) is 8.54. The Morgan fingerprint density at radius 3 is 2.60 bits per heavy atom. The van der Waals surface area contributed by atoms with Crippen LogP contribution >= 0.6 is 23.2 Å². The maximum absolute atomic E-state index is 12.0. The molecule has 2 rings (SSSR count). The third-order valence-corrected chi connectivity index (χ3v) is 4.03. The van der Waals surface area contributed by atoms with Gasteiger partial charge in [0.05, 0.1) is 6.54 Å². The van der Waals surface area contributed by atoms with Gasteiger partial charge in [-0.3, -0.25) is 9.59 Å². The number of aryl methyl sites for hydroxylation is 1. The predicted molar refractivity (Wildman–Crippen MR) is 103 cm³/mol. The maximum Gasteiger partial charge on any atom is 0.244 e. The van der Waals surface area contributed by atoms with Gasteiger partial charge in [0, 0.05) is 21.8 Å². The second-order valence-electron chi connectivity index (χ2n) is 5.28. The van der Waals surface area contributed by atoms with Crippen molar-refractivity contribution < 1.29 is 9.59 Å². The molecule has 2 amide bonds. The van der Waals surface area contributed by atoms with Crippen molar-refractivity contribution in [1.29, 1.82) is 0 Å². The van der Waals surface area contributed by atoms with E-state index in [2.05, 4.69) is 10.6 Å². The molecule has 25 heavy (non-hydrogen) atoms. The van der Waals surface area contributed by atoms with Gasteiger partial charge in [0.2, 0.25) is 11.8 Å². The van der Waals surface area contributed by atoms with Gasteiger partial charge in [-0.2, -0.15) is 0 Å². The van der Waals surface area contributed by atoms with E-state index >= 15 is 0 Å². The number of nitrogens with one attached hydrogen (secondary N) is 2.